The predicted molar refractivity (Wildman–Crippen MR) is 230 cm³/mol. The van der Waals surface area contributed by atoms with Crippen molar-refractivity contribution in [2.45, 2.75) is 0 Å². The van der Waals surface area contributed by atoms with Gasteiger partial charge in [-0.2, -0.15) is 0 Å². The highest BCUT2D eigenvalue weighted by atomic mass is 16.3. The Bertz CT molecular complexity index is 3510. The van der Waals surface area contributed by atoms with Crippen molar-refractivity contribution in [3.8, 4) is 51.0 Å². The third-order valence-electron chi connectivity index (χ3n) is 11.1. The van der Waals surface area contributed by atoms with Gasteiger partial charge in [0.1, 0.15) is 16.7 Å². The Hall–Kier alpha value is -7.83. The van der Waals surface area contributed by atoms with Crippen LogP contribution in [0.15, 0.2) is 191 Å². The molecule has 6 nitrogen and oxygen atoms in total. The zero-order valence-corrected chi connectivity index (χ0v) is 30.4. The van der Waals surface area contributed by atoms with Gasteiger partial charge in [-0.25, -0.2) is 15.0 Å². The van der Waals surface area contributed by atoms with Crippen molar-refractivity contribution >= 4 is 65.7 Å². The molecule has 0 unspecified atom stereocenters. The van der Waals surface area contributed by atoms with Gasteiger partial charge in [0.2, 0.25) is 0 Å². The lowest BCUT2D eigenvalue weighted by atomic mass is 10.0. The minimum atomic E-state index is 0.579. The molecule has 4 heterocycles. The molecule has 0 aliphatic carbocycles. The molecule has 57 heavy (non-hydrogen) atoms. The molecule has 0 spiro atoms. The zero-order chi connectivity index (χ0) is 37.5. The molecule has 0 fully saturated rings. The zero-order valence-electron chi connectivity index (χ0n) is 30.4. The quantitative estimate of drug-likeness (QED) is 0.176. The fraction of sp³-hybridized carbons (Fsp3) is 0. The third kappa shape index (κ3) is 5.01. The highest BCUT2D eigenvalue weighted by molar-refractivity contribution is 6.21. The van der Waals surface area contributed by atoms with E-state index in [9.17, 15) is 0 Å². The first-order valence-corrected chi connectivity index (χ1v) is 19.0. The van der Waals surface area contributed by atoms with Crippen molar-refractivity contribution in [2.24, 2.45) is 0 Å². The third-order valence-corrected chi connectivity index (χ3v) is 11.1. The Labute approximate surface area is 325 Å². The average Bonchev–Trinajstić information content (AvgIpc) is 3.96. The lowest BCUT2D eigenvalue weighted by Crippen LogP contribution is -2.00. The second-order valence-corrected chi connectivity index (χ2v) is 14.4. The Balaban J connectivity index is 1.05. The lowest BCUT2D eigenvalue weighted by molar-refractivity contribution is 0.669. The minimum Gasteiger partial charge on any atom is -0.456 e. The normalized spacial score (nSPS) is 11.9. The van der Waals surface area contributed by atoms with Crippen LogP contribution in [-0.4, -0.2) is 19.5 Å². The predicted octanol–water partition coefficient (Wildman–Crippen LogP) is 13.4. The molecule has 4 aromatic heterocycles. The smallest absolute Gasteiger partial charge is 0.164 e. The monoisotopic (exact) mass is 730 g/mol. The van der Waals surface area contributed by atoms with Gasteiger partial charge in [0.05, 0.1) is 11.0 Å². The Kier molecular flexibility index (Phi) is 6.83. The van der Waals surface area contributed by atoms with E-state index in [-0.39, 0.29) is 0 Å². The molecule has 0 aliphatic heterocycles. The van der Waals surface area contributed by atoms with Crippen LogP contribution in [0, 0.1) is 0 Å². The number of hydrogen-bond acceptors (Lipinski definition) is 5. The maximum atomic E-state index is 6.77. The van der Waals surface area contributed by atoms with Crippen LogP contribution >= 0.6 is 0 Å². The summed E-state index contributed by atoms with van der Waals surface area (Å²) in [6.07, 6.45) is 0. The number of nitrogens with zero attached hydrogens (tertiary/aromatic N) is 4. The van der Waals surface area contributed by atoms with Crippen LogP contribution in [0.4, 0.5) is 0 Å². The van der Waals surface area contributed by atoms with Gasteiger partial charge >= 0.3 is 0 Å². The largest absolute Gasteiger partial charge is 0.456 e. The maximum absolute atomic E-state index is 6.77. The Morgan fingerprint density at radius 1 is 0.333 bits per heavy atom. The molecule has 12 aromatic rings. The number of aromatic nitrogens is 4. The van der Waals surface area contributed by atoms with Crippen molar-refractivity contribution in [3.63, 3.8) is 0 Å². The molecule has 0 saturated carbocycles. The molecule has 0 N–H and O–H groups in total. The summed E-state index contributed by atoms with van der Waals surface area (Å²) in [5, 5.41) is 6.43. The molecule has 0 amide bonds. The van der Waals surface area contributed by atoms with E-state index in [1.54, 1.807) is 0 Å². The number of hydrogen-bond donors (Lipinski definition) is 0. The topological polar surface area (TPSA) is 69.9 Å². The number of fused-ring (bicyclic) bond motifs is 10. The number of furan rings is 2. The van der Waals surface area contributed by atoms with E-state index >= 15 is 0 Å². The van der Waals surface area contributed by atoms with Crippen LogP contribution in [0.3, 0.4) is 0 Å². The van der Waals surface area contributed by atoms with E-state index in [4.69, 9.17) is 23.8 Å². The van der Waals surface area contributed by atoms with Crippen LogP contribution in [0.25, 0.3) is 117 Å². The second-order valence-electron chi connectivity index (χ2n) is 14.4. The van der Waals surface area contributed by atoms with E-state index in [0.717, 1.165) is 93.8 Å². The van der Waals surface area contributed by atoms with Crippen molar-refractivity contribution in [2.75, 3.05) is 0 Å². The van der Waals surface area contributed by atoms with Crippen LogP contribution < -0.4 is 0 Å². The van der Waals surface area contributed by atoms with Gasteiger partial charge in [-0.1, -0.05) is 115 Å². The van der Waals surface area contributed by atoms with E-state index in [2.05, 4.69) is 132 Å². The highest BCUT2D eigenvalue weighted by Crippen LogP contribution is 2.41. The fourth-order valence-electron chi connectivity index (χ4n) is 8.34. The maximum Gasteiger partial charge on any atom is 0.164 e. The molecule has 0 bridgehead atoms. The van der Waals surface area contributed by atoms with Gasteiger partial charge in [0.25, 0.3) is 0 Å². The molecule has 0 radical (unpaired) electrons. The van der Waals surface area contributed by atoms with Crippen LogP contribution in [0.2, 0.25) is 0 Å². The molecule has 0 saturated heterocycles. The van der Waals surface area contributed by atoms with Crippen molar-refractivity contribution < 1.29 is 8.83 Å². The summed E-state index contributed by atoms with van der Waals surface area (Å²) in [5.74, 6) is 1.76. The van der Waals surface area contributed by atoms with E-state index in [1.165, 1.54) is 5.39 Å². The minimum absolute atomic E-state index is 0.579. The van der Waals surface area contributed by atoms with Gasteiger partial charge < -0.3 is 13.4 Å². The fourth-order valence-corrected chi connectivity index (χ4v) is 8.34. The molecule has 266 valence electrons. The molecular weight excluding hydrogens is 701 g/mol. The summed E-state index contributed by atoms with van der Waals surface area (Å²) in [4.78, 5) is 15.4. The molecular formula is C51H30N4O2. The second kappa shape index (κ2) is 12.3. The SMILES string of the molecule is c1ccc(-c2ccc(-c3nc(-c4ccc5oc6ccccc6c5c4)nc(-c4ccc5oc6c(ccc7c8ccccc8n(-c8ccccc8)c76)c5c4)n3)cc2)cc1. The molecule has 12 rings (SSSR count). The van der Waals surface area contributed by atoms with Gasteiger partial charge in [-0.15, -0.1) is 0 Å². The van der Waals surface area contributed by atoms with E-state index in [0.29, 0.717) is 17.5 Å². The lowest BCUT2D eigenvalue weighted by Gasteiger charge is -2.09. The summed E-state index contributed by atoms with van der Waals surface area (Å²) >= 11 is 0. The Morgan fingerprint density at radius 3 is 1.58 bits per heavy atom. The summed E-state index contributed by atoms with van der Waals surface area (Å²) in [6, 6.07) is 62.7. The first-order chi connectivity index (χ1) is 28.2. The molecule has 0 atom stereocenters. The molecule has 6 heteroatoms. The number of para-hydroxylation sites is 3. The molecule has 0 aliphatic rings. The highest BCUT2D eigenvalue weighted by Gasteiger charge is 2.20. The van der Waals surface area contributed by atoms with Crippen LogP contribution in [-0.2, 0) is 0 Å². The van der Waals surface area contributed by atoms with Crippen molar-refractivity contribution in [1.82, 2.24) is 19.5 Å². The summed E-state index contributed by atoms with van der Waals surface area (Å²) in [5.41, 5.74) is 11.5. The first-order valence-electron chi connectivity index (χ1n) is 19.0. The van der Waals surface area contributed by atoms with Gasteiger partial charge in [0.15, 0.2) is 23.1 Å². The summed E-state index contributed by atoms with van der Waals surface area (Å²) in [6.45, 7) is 0. The van der Waals surface area contributed by atoms with Gasteiger partial charge in [-0.05, 0) is 77.9 Å². The molecule has 8 aromatic carbocycles. The number of rotatable bonds is 5. The number of benzene rings is 8. The van der Waals surface area contributed by atoms with Crippen molar-refractivity contribution in [1.29, 1.82) is 0 Å². The standard InChI is InChI=1S/C51H30N4O2/c1-3-11-31(12-4-1)32-19-21-33(22-20-32)49-52-50(34-23-27-45-41(29-34)38-16-8-10-18-44(38)56-45)54-51(53-49)35-24-28-46-42(30-35)40-26-25-39-37-15-7-9-17-43(37)55(47(39)48(40)57-46)36-13-5-2-6-14-36/h1-30H. The Morgan fingerprint density at radius 2 is 0.842 bits per heavy atom. The van der Waals surface area contributed by atoms with Gasteiger partial charge in [-0.3, -0.25) is 0 Å². The van der Waals surface area contributed by atoms with E-state index < -0.39 is 0 Å². The summed E-state index contributed by atoms with van der Waals surface area (Å²) in [7, 11) is 0. The van der Waals surface area contributed by atoms with Gasteiger partial charge in [0, 0.05) is 54.7 Å². The average molecular weight is 731 g/mol. The van der Waals surface area contributed by atoms with E-state index in [1.807, 2.05) is 54.6 Å². The summed E-state index contributed by atoms with van der Waals surface area (Å²) < 4.78 is 15.2. The van der Waals surface area contributed by atoms with Crippen molar-refractivity contribution in [3.05, 3.63) is 182 Å². The van der Waals surface area contributed by atoms with Crippen LogP contribution in [0.5, 0.6) is 0 Å². The first kappa shape index (κ1) is 31.5. The van der Waals surface area contributed by atoms with Crippen LogP contribution in [0.1, 0.15) is 0 Å².